The highest BCUT2D eigenvalue weighted by Crippen LogP contribution is 2.75. The number of hydrogen-bond acceptors (Lipinski definition) is 1. The van der Waals surface area contributed by atoms with Gasteiger partial charge in [0.05, 0.1) is 0 Å². The number of nitrogens with one attached hydrogen (secondary N) is 1. The van der Waals surface area contributed by atoms with E-state index < -0.39 is 0 Å². The zero-order valence-electron chi connectivity index (χ0n) is 5.99. The van der Waals surface area contributed by atoms with Crippen LogP contribution >= 0.6 is 22.6 Å². The zero-order chi connectivity index (χ0) is 6.82. The molecule has 2 heteroatoms. The summed E-state index contributed by atoms with van der Waals surface area (Å²) < 4.78 is 0.785. The SMILES string of the molecule is IC12CC(C3CNC3)(C1)C2. The van der Waals surface area contributed by atoms with E-state index in [1.165, 1.54) is 32.4 Å². The van der Waals surface area contributed by atoms with Gasteiger partial charge in [-0.1, -0.05) is 22.6 Å². The lowest BCUT2D eigenvalue weighted by molar-refractivity contribution is -0.128. The molecule has 0 radical (unpaired) electrons. The van der Waals surface area contributed by atoms with Crippen molar-refractivity contribution in [2.75, 3.05) is 13.1 Å². The Morgan fingerprint density at radius 2 is 1.80 bits per heavy atom. The van der Waals surface area contributed by atoms with Gasteiger partial charge in [-0.15, -0.1) is 0 Å². The molecule has 0 atom stereocenters. The van der Waals surface area contributed by atoms with Crippen LogP contribution in [0.4, 0.5) is 0 Å². The highest BCUT2D eigenvalue weighted by Gasteiger charge is 2.69. The van der Waals surface area contributed by atoms with Crippen molar-refractivity contribution >= 4 is 22.6 Å². The van der Waals surface area contributed by atoms with E-state index >= 15 is 0 Å². The summed E-state index contributed by atoms with van der Waals surface area (Å²) in [5, 5.41) is 3.37. The molecule has 10 heavy (non-hydrogen) atoms. The molecule has 56 valence electrons. The van der Waals surface area contributed by atoms with Crippen molar-refractivity contribution in [2.24, 2.45) is 11.3 Å². The van der Waals surface area contributed by atoms with E-state index in [0.29, 0.717) is 0 Å². The van der Waals surface area contributed by atoms with Gasteiger partial charge in [-0.05, 0) is 43.7 Å². The van der Waals surface area contributed by atoms with E-state index in [1.807, 2.05) is 0 Å². The number of alkyl halides is 1. The minimum Gasteiger partial charge on any atom is -0.316 e. The molecule has 1 aliphatic heterocycles. The Morgan fingerprint density at radius 3 is 2.10 bits per heavy atom. The molecule has 1 N–H and O–H groups in total. The van der Waals surface area contributed by atoms with E-state index in [2.05, 4.69) is 27.9 Å². The quantitative estimate of drug-likeness (QED) is 0.549. The summed E-state index contributed by atoms with van der Waals surface area (Å²) in [6.07, 6.45) is 4.60. The van der Waals surface area contributed by atoms with E-state index in [1.54, 1.807) is 0 Å². The van der Waals surface area contributed by atoms with E-state index in [4.69, 9.17) is 0 Å². The molecule has 1 nitrogen and oxygen atoms in total. The minimum atomic E-state index is 0.785. The van der Waals surface area contributed by atoms with Gasteiger partial charge >= 0.3 is 0 Å². The molecule has 2 bridgehead atoms. The van der Waals surface area contributed by atoms with Crippen LogP contribution in [0.2, 0.25) is 0 Å². The van der Waals surface area contributed by atoms with Gasteiger partial charge in [0.15, 0.2) is 0 Å². The largest absolute Gasteiger partial charge is 0.316 e. The van der Waals surface area contributed by atoms with Gasteiger partial charge in [0.1, 0.15) is 0 Å². The third kappa shape index (κ3) is 0.546. The van der Waals surface area contributed by atoms with Crippen LogP contribution in [0.25, 0.3) is 0 Å². The van der Waals surface area contributed by atoms with Gasteiger partial charge in [0.2, 0.25) is 0 Å². The van der Waals surface area contributed by atoms with Crippen LogP contribution in [0.15, 0.2) is 0 Å². The number of hydrogen-bond donors (Lipinski definition) is 1. The second-order valence-corrected chi connectivity index (χ2v) is 6.69. The molecular formula is C8H12IN. The van der Waals surface area contributed by atoms with Crippen LogP contribution in [0.1, 0.15) is 19.3 Å². The van der Waals surface area contributed by atoms with Crippen molar-refractivity contribution in [1.29, 1.82) is 0 Å². The van der Waals surface area contributed by atoms with Crippen LogP contribution in [-0.2, 0) is 0 Å². The fraction of sp³-hybridized carbons (Fsp3) is 1.00. The van der Waals surface area contributed by atoms with Crippen molar-refractivity contribution in [3.63, 3.8) is 0 Å². The van der Waals surface area contributed by atoms with Gasteiger partial charge in [-0.2, -0.15) is 0 Å². The van der Waals surface area contributed by atoms with E-state index in [-0.39, 0.29) is 0 Å². The van der Waals surface area contributed by atoms with Crippen molar-refractivity contribution < 1.29 is 0 Å². The Balaban J connectivity index is 1.74. The van der Waals surface area contributed by atoms with Crippen LogP contribution in [-0.4, -0.2) is 16.5 Å². The first kappa shape index (κ1) is 6.23. The molecule has 3 aliphatic carbocycles. The van der Waals surface area contributed by atoms with Gasteiger partial charge in [-0.25, -0.2) is 0 Å². The summed E-state index contributed by atoms with van der Waals surface area (Å²) in [6, 6.07) is 0. The Bertz CT molecular complexity index is 166. The van der Waals surface area contributed by atoms with Crippen molar-refractivity contribution in [3.05, 3.63) is 0 Å². The minimum absolute atomic E-state index is 0.785. The predicted octanol–water partition coefficient (Wildman–Crippen LogP) is 1.56. The molecule has 3 saturated carbocycles. The van der Waals surface area contributed by atoms with Crippen LogP contribution < -0.4 is 5.32 Å². The highest BCUT2D eigenvalue weighted by molar-refractivity contribution is 14.1. The lowest BCUT2D eigenvalue weighted by Crippen LogP contribution is -2.71. The van der Waals surface area contributed by atoms with E-state index in [9.17, 15) is 0 Å². The summed E-state index contributed by atoms with van der Waals surface area (Å²) in [4.78, 5) is 0. The molecule has 1 saturated heterocycles. The lowest BCUT2D eigenvalue weighted by Gasteiger charge is -2.72. The summed E-state index contributed by atoms with van der Waals surface area (Å²) in [7, 11) is 0. The zero-order valence-corrected chi connectivity index (χ0v) is 8.15. The maximum Gasteiger partial charge on any atom is 0.0238 e. The lowest BCUT2D eigenvalue weighted by atomic mass is 9.39. The number of halogens is 1. The van der Waals surface area contributed by atoms with Gasteiger partial charge in [0.25, 0.3) is 0 Å². The van der Waals surface area contributed by atoms with E-state index in [0.717, 1.165) is 14.8 Å². The van der Waals surface area contributed by atoms with Crippen LogP contribution in [0.3, 0.4) is 0 Å². The van der Waals surface area contributed by atoms with Crippen LogP contribution in [0, 0.1) is 11.3 Å². The third-order valence-corrected chi connectivity index (χ3v) is 4.80. The standard InChI is InChI=1S/C8H12IN/c9-8-3-7(4-8,5-8)6-1-10-2-6/h6,10H,1-5H2. The average molecular weight is 249 g/mol. The Hall–Kier alpha value is 0.690. The summed E-state index contributed by atoms with van der Waals surface area (Å²) in [5.74, 6) is 1.06. The Morgan fingerprint density at radius 1 is 1.20 bits per heavy atom. The number of rotatable bonds is 1. The van der Waals surface area contributed by atoms with Gasteiger partial charge < -0.3 is 5.32 Å². The molecule has 4 fully saturated rings. The fourth-order valence-corrected chi connectivity index (χ4v) is 5.17. The second-order valence-electron chi connectivity index (χ2n) is 4.40. The monoisotopic (exact) mass is 249 g/mol. The molecule has 0 aromatic carbocycles. The molecule has 4 aliphatic rings. The third-order valence-electron chi connectivity index (χ3n) is 3.65. The van der Waals surface area contributed by atoms with Crippen LogP contribution in [0.5, 0.6) is 0 Å². The second kappa shape index (κ2) is 1.56. The first-order valence-electron chi connectivity index (χ1n) is 4.12. The maximum atomic E-state index is 3.37. The molecule has 1 heterocycles. The fourth-order valence-electron chi connectivity index (χ4n) is 2.89. The maximum absolute atomic E-state index is 3.37. The molecular weight excluding hydrogens is 237 g/mol. The normalized spacial score (nSPS) is 58.5. The summed E-state index contributed by atoms with van der Waals surface area (Å²) in [6.45, 7) is 2.62. The smallest absolute Gasteiger partial charge is 0.0238 e. The molecule has 0 spiro atoms. The van der Waals surface area contributed by atoms with Crippen molar-refractivity contribution in [3.8, 4) is 0 Å². The topological polar surface area (TPSA) is 12.0 Å². The first-order valence-corrected chi connectivity index (χ1v) is 5.20. The first-order chi connectivity index (χ1) is 4.73. The Labute approximate surface area is 75.1 Å². The highest BCUT2D eigenvalue weighted by atomic mass is 127. The van der Waals surface area contributed by atoms with Gasteiger partial charge in [-0.3, -0.25) is 0 Å². The van der Waals surface area contributed by atoms with Crippen molar-refractivity contribution in [2.45, 2.75) is 22.7 Å². The molecule has 0 aromatic rings. The molecule has 4 rings (SSSR count). The average Bonchev–Trinajstić information content (AvgIpc) is 1.53. The molecule has 0 aromatic heterocycles. The summed E-state index contributed by atoms with van der Waals surface area (Å²) in [5.41, 5.74) is 0.854. The Kier molecular flexibility index (Phi) is 0.969. The summed E-state index contributed by atoms with van der Waals surface area (Å²) >= 11 is 2.66. The predicted molar refractivity (Wildman–Crippen MR) is 49.4 cm³/mol. The van der Waals surface area contributed by atoms with Crippen molar-refractivity contribution in [1.82, 2.24) is 5.32 Å². The molecule has 0 unspecified atom stereocenters. The van der Waals surface area contributed by atoms with Gasteiger partial charge in [0, 0.05) is 3.42 Å². The molecule has 0 amide bonds.